The van der Waals surface area contributed by atoms with E-state index in [1.54, 1.807) is 0 Å². The number of hydrogen-bond acceptors (Lipinski definition) is 3. The smallest absolute Gasteiger partial charge is 0.185 e. The van der Waals surface area contributed by atoms with E-state index in [-0.39, 0.29) is 16.8 Å². The normalized spacial score (nSPS) is 22.5. The third kappa shape index (κ3) is 2.70. The van der Waals surface area contributed by atoms with E-state index in [4.69, 9.17) is 0 Å². The summed E-state index contributed by atoms with van der Waals surface area (Å²) in [6, 6.07) is 0.176. The Morgan fingerprint density at radius 1 is 1.26 bits per heavy atom. The van der Waals surface area contributed by atoms with Crippen LogP contribution in [0.3, 0.4) is 0 Å². The van der Waals surface area contributed by atoms with Gasteiger partial charge in [0, 0.05) is 11.8 Å². The van der Waals surface area contributed by atoms with Crippen molar-refractivity contribution in [2.24, 2.45) is 4.99 Å². The van der Waals surface area contributed by atoms with Gasteiger partial charge < -0.3 is 5.32 Å². The lowest BCUT2D eigenvalue weighted by Crippen LogP contribution is -2.20. The number of thioether (sulfide) groups is 1. The molecule has 0 amide bonds. The fourth-order valence-corrected chi connectivity index (χ4v) is 2.74. The molecule has 0 saturated heterocycles. The zero-order valence-electron chi connectivity index (χ0n) is 10.4. The maximum Gasteiger partial charge on any atom is 0.185 e. The molecular formula is C12H12F4N2S. The number of nitrogens with zero attached hydrogens (tertiary/aromatic N) is 1. The molecule has 7 heteroatoms. The fourth-order valence-electron chi connectivity index (χ4n) is 1.57. The van der Waals surface area contributed by atoms with Gasteiger partial charge in [0.2, 0.25) is 0 Å². The van der Waals surface area contributed by atoms with Crippen molar-refractivity contribution in [2.45, 2.75) is 25.8 Å². The predicted molar refractivity (Wildman–Crippen MR) is 68.5 cm³/mol. The molecule has 104 valence electrons. The van der Waals surface area contributed by atoms with Gasteiger partial charge in [-0.1, -0.05) is 18.7 Å². The van der Waals surface area contributed by atoms with E-state index in [9.17, 15) is 17.6 Å². The van der Waals surface area contributed by atoms with Crippen LogP contribution in [0.2, 0.25) is 0 Å². The van der Waals surface area contributed by atoms with Crippen LogP contribution in [-0.4, -0.2) is 16.5 Å². The van der Waals surface area contributed by atoms with Gasteiger partial charge in [-0.25, -0.2) is 17.6 Å². The SMILES string of the molecule is CCC1(C)CSC(Nc2c(F)c(F)cc(F)c2F)=N1. The van der Waals surface area contributed by atoms with E-state index in [1.165, 1.54) is 11.8 Å². The summed E-state index contributed by atoms with van der Waals surface area (Å²) >= 11 is 1.26. The second kappa shape index (κ2) is 5.03. The standard InChI is InChI=1S/C12H12F4N2S/c1-3-12(2)5-19-11(18-12)17-10-8(15)6(13)4-7(14)9(10)16/h4H,3,5H2,1-2H3,(H,17,18). The van der Waals surface area contributed by atoms with Crippen LogP contribution in [0.5, 0.6) is 0 Å². The topological polar surface area (TPSA) is 24.4 Å². The van der Waals surface area contributed by atoms with Gasteiger partial charge >= 0.3 is 0 Å². The summed E-state index contributed by atoms with van der Waals surface area (Å²) in [6.07, 6.45) is 0.758. The number of amidine groups is 1. The van der Waals surface area contributed by atoms with Crippen molar-refractivity contribution in [2.75, 3.05) is 11.1 Å². The van der Waals surface area contributed by atoms with Gasteiger partial charge in [-0.15, -0.1) is 0 Å². The molecule has 1 aliphatic rings. The maximum atomic E-state index is 13.5. The van der Waals surface area contributed by atoms with Crippen molar-refractivity contribution in [3.05, 3.63) is 29.3 Å². The number of rotatable bonds is 2. The van der Waals surface area contributed by atoms with Gasteiger partial charge in [-0.05, 0) is 13.3 Å². The summed E-state index contributed by atoms with van der Waals surface area (Å²) in [7, 11) is 0. The molecule has 0 aromatic heterocycles. The van der Waals surface area contributed by atoms with Gasteiger partial charge in [0.05, 0.1) is 5.54 Å². The lowest BCUT2D eigenvalue weighted by molar-refractivity contribution is 0.459. The third-order valence-corrected chi connectivity index (χ3v) is 4.23. The fraction of sp³-hybridized carbons (Fsp3) is 0.417. The van der Waals surface area contributed by atoms with Crippen LogP contribution in [0.15, 0.2) is 11.1 Å². The van der Waals surface area contributed by atoms with Crippen molar-refractivity contribution in [3.8, 4) is 0 Å². The molecule has 0 radical (unpaired) electrons. The number of nitrogens with one attached hydrogen (secondary N) is 1. The zero-order valence-corrected chi connectivity index (χ0v) is 11.2. The number of aliphatic imine (C=N–C) groups is 1. The molecule has 2 rings (SSSR count). The van der Waals surface area contributed by atoms with Crippen LogP contribution in [0.4, 0.5) is 23.2 Å². The molecule has 0 aliphatic carbocycles. The van der Waals surface area contributed by atoms with Crippen molar-refractivity contribution in [1.29, 1.82) is 0 Å². The molecule has 0 bridgehead atoms. The first-order valence-electron chi connectivity index (χ1n) is 5.69. The van der Waals surface area contributed by atoms with E-state index in [1.807, 2.05) is 13.8 Å². The molecule has 1 heterocycles. The Kier molecular flexibility index (Phi) is 3.75. The number of halogens is 4. The molecule has 0 saturated carbocycles. The van der Waals surface area contributed by atoms with Crippen molar-refractivity contribution in [3.63, 3.8) is 0 Å². The Balaban J connectivity index is 2.33. The van der Waals surface area contributed by atoms with E-state index in [0.29, 0.717) is 5.75 Å². The number of benzene rings is 1. The first-order valence-corrected chi connectivity index (χ1v) is 6.67. The summed E-state index contributed by atoms with van der Waals surface area (Å²) < 4.78 is 53.0. The van der Waals surface area contributed by atoms with E-state index in [2.05, 4.69) is 10.3 Å². The van der Waals surface area contributed by atoms with Crippen LogP contribution in [0, 0.1) is 23.3 Å². The Morgan fingerprint density at radius 3 is 2.32 bits per heavy atom. The van der Waals surface area contributed by atoms with Crippen LogP contribution in [0.1, 0.15) is 20.3 Å². The summed E-state index contributed by atoms with van der Waals surface area (Å²) in [6.45, 7) is 3.84. The highest BCUT2D eigenvalue weighted by Crippen LogP contribution is 2.32. The minimum Gasteiger partial charge on any atom is -0.330 e. The van der Waals surface area contributed by atoms with Crippen LogP contribution < -0.4 is 5.32 Å². The van der Waals surface area contributed by atoms with E-state index >= 15 is 0 Å². The van der Waals surface area contributed by atoms with Gasteiger partial charge in [-0.2, -0.15) is 0 Å². The molecule has 1 atom stereocenters. The minimum atomic E-state index is -1.45. The molecular weight excluding hydrogens is 280 g/mol. The second-order valence-corrected chi connectivity index (χ2v) is 5.49. The average Bonchev–Trinajstić information content (AvgIpc) is 2.75. The largest absolute Gasteiger partial charge is 0.330 e. The lowest BCUT2D eigenvalue weighted by Gasteiger charge is -2.15. The highest BCUT2D eigenvalue weighted by atomic mass is 32.2. The Hall–Kier alpha value is -1.24. The molecule has 2 nitrogen and oxygen atoms in total. The molecule has 1 aromatic rings. The minimum absolute atomic E-state index is 0.176. The number of anilines is 1. The summed E-state index contributed by atoms with van der Waals surface area (Å²) in [5, 5.41) is 2.59. The molecule has 0 spiro atoms. The van der Waals surface area contributed by atoms with Crippen LogP contribution in [0.25, 0.3) is 0 Å². The maximum absolute atomic E-state index is 13.5. The van der Waals surface area contributed by atoms with Gasteiger partial charge in [0.1, 0.15) is 5.69 Å². The van der Waals surface area contributed by atoms with Crippen LogP contribution in [-0.2, 0) is 0 Å². The van der Waals surface area contributed by atoms with Crippen molar-refractivity contribution in [1.82, 2.24) is 0 Å². The molecule has 1 N–H and O–H groups in total. The summed E-state index contributed by atoms with van der Waals surface area (Å²) in [5.74, 6) is -5.14. The average molecular weight is 292 g/mol. The molecule has 19 heavy (non-hydrogen) atoms. The summed E-state index contributed by atoms with van der Waals surface area (Å²) in [5.41, 5.74) is -1.17. The zero-order chi connectivity index (χ0) is 14.2. The molecule has 0 fully saturated rings. The van der Waals surface area contributed by atoms with Crippen molar-refractivity contribution < 1.29 is 17.6 Å². The van der Waals surface area contributed by atoms with Gasteiger partial charge in [0.15, 0.2) is 28.4 Å². The Morgan fingerprint density at radius 2 is 1.84 bits per heavy atom. The molecule has 1 unspecified atom stereocenters. The van der Waals surface area contributed by atoms with E-state index in [0.717, 1.165) is 6.42 Å². The monoisotopic (exact) mass is 292 g/mol. The molecule has 1 aliphatic heterocycles. The first kappa shape index (κ1) is 14.2. The van der Waals surface area contributed by atoms with Gasteiger partial charge in [-0.3, -0.25) is 4.99 Å². The van der Waals surface area contributed by atoms with E-state index < -0.39 is 29.0 Å². The predicted octanol–water partition coefficient (Wildman–Crippen LogP) is 3.93. The lowest BCUT2D eigenvalue weighted by atomic mass is 10.0. The highest BCUT2D eigenvalue weighted by molar-refractivity contribution is 8.14. The first-order chi connectivity index (χ1) is 8.86. The third-order valence-electron chi connectivity index (χ3n) is 3.00. The Bertz CT molecular complexity index is 521. The second-order valence-electron chi connectivity index (χ2n) is 4.52. The highest BCUT2D eigenvalue weighted by Gasteiger charge is 2.30. The Labute approximate surface area is 112 Å². The summed E-state index contributed by atoms with van der Waals surface area (Å²) in [4.78, 5) is 4.27. The number of hydrogen-bond donors (Lipinski definition) is 1. The quantitative estimate of drug-likeness (QED) is 0.660. The van der Waals surface area contributed by atoms with Crippen molar-refractivity contribution >= 4 is 22.6 Å². The van der Waals surface area contributed by atoms with Gasteiger partial charge in [0.25, 0.3) is 0 Å². The molecule has 1 aromatic carbocycles. The van der Waals surface area contributed by atoms with Crippen LogP contribution >= 0.6 is 11.8 Å².